The number of aryl methyl sites for hydroxylation is 3. The van der Waals surface area contributed by atoms with Crippen LogP contribution in [0.3, 0.4) is 0 Å². The van der Waals surface area contributed by atoms with Crippen LogP contribution in [0.5, 0.6) is 0 Å². The van der Waals surface area contributed by atoms with Crippen LogP contribution >= 0.6 is 0 Å². The lowest BCUT2D eigenvalue weighted by Crippen LogP contribution is -2.15. The fourth-order valence-electron chi connectivity index (χ4n) is 2.19. The molecule has 0 saturated heterocycles. The summed E-state index contributed by atoms with van der Waals surface area (Å²) in [6.07, 6.45) is 1.51. The Morgan fingerprint density at radius 3 is 2.19 bits per heavy atom. The van der Waals surface area contributed by atoms with Crippen molar-refractivity contribution in [3.05, 3.63) is 59.2 Å². The zero-order chi connectivity index (χ0) is 15.5. The van der Waals surface area contributed by atoms with Crippen molar-refractivity contribution >= 4 is 15.7 Å². The molecular formula is C17H21NO2S. The third-order valence-corrected chi connectivity index (χ3v) is 4.98. The van der Waals surface area contributed by atoms with E-state index in [1.54, 1.807) is 18.2 Å². The van der Waals surface area contributed by atoms with Gasteiger partial charge in [-0.1, -0.05) is 43.7 Å². The second-order valence-corrected chi connectivity index (χ2v) is 6.77. The third-order valence-electron chi connectivity index (χ3n) is 3.51. The molecule has 0 heterocycles. The molecule has 0 amide bonds. The highest BCUT2D eigenvalue weighted by atomic mass is 32.2. The topological polar surface area (TPSA) is 46.2 Å². The summed E-state index contributed by atoms with van der Waals surface area (Å²) < 4.78 is 27.9. The molecular weight excluding hydrogens is 282 g/mol. The molecule has 0 atom stereocenters. The lowest BCUT2D eigenvalue weighted by atomic mass is 10.1. The Balaban J connectivity index is 2.41. The molecule has 0 bridgehead atoms. The lowest BCUT2D eigenvalue weighted by molar-refractivity contribution is 0.600. The Morgan fingerprint density at radius 2 is 1.62 bits per heavy atom. The van der Waals surface area contributed by atoms with E-state index in [9.17, 15) is 8.42 Å². The molecule has 2 rings (SSSR count). The highest BCUT2D eigenvalue weighted by molar-refractivity contribution is 7.92. The van der Waals surface area contributed by atoms with Gasteiger partial charge in [-0.15, -0.1) is 0 Å². The lowest BCUT2D eigenvalue weighted by Gasteiger charge is -2.13. The molecule has 21 heavy (non-hydrogen) atoms. The van der Waals surface area contributed by atoms with Crippen molar-refractivity contribution in [1.29, 1.82) is 0 Å². The molecule has 0 fully saturated rings. The van der Waals surface area contributed by atoms with Crippen LogP contribution in [0.4, 0.5) is 5.69 Å². The monoisotopic (exact) mass is 303 g/mol. The fraction of sp³-hybridized carbons (Fsp3) is 0.294. The Morgan fingerprint density at radius 1 is 0.952 bits per heavy atom. The van der Waals surface area contributed by atoms with Crippen molar-refractivity contribution in [3.63, 3.8) is 0 Å². The van der Waals surface area contributed by atoms with Gasteiger partial charge in [0.1, 0.15) is 0 Å². The van der Waals surface area contributed by atoms with E-state index in [1.807, 2.05) is 45.0 Å². The molecule has 3 nitrogen and oxygen atoms in total. The van der Waals surface area contributed by atoms with Gasteiger partial charge >= 0.3 is 0 Å². The van der Waals surface area contributed by atoms with E-state index in [1.165, 1.54) is 0 Å². The molecule has 0 aliphatic rings. The maximum Gasteiger partial charge on any atom is 0.262 e. The Kier molecular flexibility index (Phi) is 4.68. The first-order chi connectivity index (χ1) is 9.96. The maximum absolute atomic E-state index is 12.6. The first kappa shape index (κ1) is 15.6. The van der Waals surface area contributed by atoms with Gasteiger partial charge in [0.25, 0.3) is 10.0 Å². The van der Waals surface area contributed by atoms with Crippen LogP contribution in [0.2, 0.25) is 0 Å². The van der Waals surface area contributed by atoms with Gasteiger partial charge in [-0.05, 0) is 49.1 Å². The normalized spacial score (nSPS) is 11.4. The number of benzene rings is 2. The predicted octanol–water partition coefficient (Wildman–Crippen LogP) is 3.92. The van der Waals surface area contributed by atoms with Crippen molar-refractivity contribution in [1.82, 2.24) is 0 Å². The van der Waals surface area contributed by atoms with Gasteiger partial charge in [0, 0.05) is 5.69 Å². The minimum absolute atomic E-state index is 0.380. The van der Waals surface area contributed by atoms with Crippen molar-refractivity contribution in [3.8, 4) is 0 Å². The molecule has 112 valence electrons. The average molecular weight is 303 g/mol. The van der Waals surface area contributed by atoms with E-state index in [0.717, 1.165) is 23.1 Å². The van der Waals surface area contributed by atoms with E-state index in [4.69, 9.17) is 0 Å². The zero-order valence-electron chi connectivity index (χ0n) is 12.7. The van der Waals surface area contributed by atoms with Gasteiger partial charge in [0.15, 0.2) is 0 Å². The summed E-state index contributed by atoms with van der Waals surface area (Å²) in [6.45, 7) is 5.95. The number of sulfonamides is 1. The van der Waals surface area contributed by atoms with Crippen LogP contribution in [-0.4, -0.2) is 8.42 Å². The number of hydrogen-bond donors (Lipinski definition) is 1. The minimum atomic E-state index is -3.55. The van der Waals surface area contributed by atoms with Crippen molar-refractivity contribution in [2.24, 2.45) is 0 Å². The molecule has 0 aliphatic carbocycles. The minimum Gasteiger partial charge on any atom is -0.280 e. The zero-order valence-corrected chi connectivity index (χ0v) is 13.5. The summed E-state index contributed by atoms with van der Waals surface area (Å²) in [6, 6.07) is 13.0. The summed E-state index contributed by atoms with van der Waals surface area (Å²) in [4.78, 5) is 0.380. The van der Waals surface area contributed by atoms with E-state index in [0.29, 0.717) is 17.0 Å². The molecule has 1 N–H and O–H groups in total. The van der Waals surface area contributed by atoms with Gasteiger partial charge in [-0.2, -0.15) is 0 Å². The molecule has 2 aromatic rings. The highest BCUT2D eigenvalue weighted by Gasteiger charge is 2.18. The van der Waals surface area contributed by atoms with Crippen molar-refractivity contribution in [2.45, 2.75) is 38.5 Å². The van der Waals surface area contributed by atoms with Gasteiger partial charge in [0.2, 0.25) is 0 Å². The molecule has 4 heteroatoms. The first-order valence-electron chi connectivity index (χ1n) is 7.17. The largest absolute Gasteiger partial charge is 0.280 e. The first-order valence-corrected chi connectivity index (χ1v) is 8.66. The Bertz CT molecular complexity index is 719. The van der Waals surface area contributed by atoms with Crippen LogP contribution in [-0.2, 0) is 22.9 Å². The quantitative estimate of drug-likeness (QED) is 0.910. The molecule has 2 aromatic carbocycles. The SMILES string of the molecule is CCc1ccc(CC)c(S(=O)(=O)Nc2ccc(C)cc2)c1. The molecule has 0 aromatic heterocycles. The summed E-state index contributed by atoms with van der Waals surface area (Å²) in [7, 11) is -3.55. The van der Waals surface area contributed by atoms with Crippen LogP contribution in [0.25, 0.3) is 0 Å². The third kappa shape index (κ3) is 3.64. The van der Waals surface area contributed by atoms with E-state index < -0.39 is 10.0 Å². The predicted molar refractivity (Wildman–Crippen MR) is 87.2 cm³/mol. The highest BCUT2D eigenvalue weighted by Crippen LogP contribution is 2.22. The molecule has 0 saturated carbocycles. The second kappa shape index (κ2) is 6.31. The number of anilines is 1. The van der Waals surface area contributed by atoms with Gasteiger partial charge in [0.05, 0.1) is 4.90 Å². The average Bonchev–Trinajstić information content (AvgIpc) is 2.48. The van der Waals surface area contributed by atoms with E-state index >= 15 is 0 Å². The fourth-order valence-corrected chi connectivity index (χ4v) is 3.61. The molecule has 0 unspecified atom stereocenters. The number of nitrogens with one attached hydrogen (secondary N) is 1. The van der Waals surface area contributed by atoms with E-state index in [-0.39, 0.29) is 0 Å². The summed E-state index contributed by atoms with van der Waals surface area (Å²) in [5.74, 6) is 0. The van der Waals surface area contributed by atoms with E-state index in [2.05, 4.69) is 4.72 Å². The van der Waals surface area contributed by atoms with Crippen LogP contribution < -0.4 is 4.72 Å². The van der Waals surface area contributed by atoms with Crippen LogP contribution in [0.15, 0.2) is 47.4 Å². The maximum atomic E-state index is 12.6. The smallest absolute Gasteiger partial charge is 0.262 e. The van der Waals surface area contributed by atoms with Gasteiger partial charge in [-0.3, -0.25) is 4.72 Å². The van der Waals surface area contributed by atoms with Crippen molar-refractivity contribution < 1.29 is 8.42 Å². The summed E-state index contributed by atoms with van der Waals surface area (Å²) >= 11 is 0. The Hall–Kier alpha value is -1.81. The number of hydrogen-bond acceptors (Lipinski definition) is 2. The summed E-state index contributed by atoms with van der Waals surface area (Å²) in [5, 5.41) is 0. The Labute approximate surface area is 127 Å². The molecule has 0 spiro atoms. The second-order valence-electron chi connectivity index (χ2n) is 5.12. The van der Waals surface area contributed by atoms with Gasteiger partial charge < -0.3 is 0 Å². The van der Waals surface area contributed by atoms with Crippen molar-refractivity contribution in [2.75, 3.05) is 4.72 Å². The summed E-state index contributed by atoms with van der Waals surface area (Å²) in [5.41, 5.74) is 3.55. The standard InChI is InChI=1S/C17H21NO2S/c1-4-14-8-9-15(5-2)17(12-14)21(19,20)18-16-10-6-13(3)7-11-16/h6-12,18H,4-5H2,1-3H3. The molecule has 0 aliphatic heterocycles. The van der Waals surface area contributed by atoms with Gasteiger partial charge in [-0.25, -0.2) is 8.42 Å². The number of rotatable bonds is 5. The van der Waals surface area contributed by atoms with Crippen LogP contribution in [0.1, 0.15) is 30.5 Å². The molecule has 0 radical (unpaired) electrons. The van der Waals surface area contributed by atoms with Crippen LogP contribution in [0, 0.1) is 6.92 Å².